The molecular formula is C21H44O4P+. The first-order valence-electron chi connectivity index (χ1n) is 10.1. The monoisotopic (exact) mass is 391 g/mol. The van der Waals surface area contributed by atoms with Gasteiger partial charge in [0.25, 0.3) is 0 Å². The molecule has 26 heavy (non-hydrogen) atoms. The quantitative estimate of drug-likeness (QED) is 0.366. The van der Waals surface area contributed by atoms with Crippen LogP contribution in [0.2, 0.25) is 0 Å². The second kappa shape index (κ2) is 11.1. The van der Waals surface area contributed by atoms with E-state index >= 15 is 0 Å². The van der Waals surface area contributed by atoms with Crippen LogP contribution < -0.4 is 0 Å². The summed E-state index contributed by atoms with van der Waals surface area (Å²) < 4.78 is 23.8. The summed E-state index contributed by atoms with van der Waals surface area (Å²) in [5.41, 5.74) is -0.136. The van der Waals surface area contributed by atoms with Crippen molar-refractivity contribution in [2.45, 2.75) is 86.7 Å². The zero-order valence-corrected chi connectivity index (χ0v) is 19.6. The Labute approximate surface area is 163 Å². The summed E-state index contributed by atoms with van der Waals surface area (Å²) in [6.07, 6.45) is 2.32. The molecule has 4 atom stereocenters. The van der Waals surface area contributed by atoms with E-state index in [0.717, 1.165) is 13.0 Å². The molecule has 1 N–H and O–H groups in total. The van der Waals surface area contributed by atoms with Gasteiger partial charge in [-0.1, -0.05) is 55.4 Å². The van der Waals surface area contributed by atoms with Gasteiger partial charge in [0.2, 0.25) is 0 Å². The molecule has 0 bridgehead atoms. The summed E-state index contributed by atoms with van der Waals surface area (Å²) in [5.74, 6) is 1.19. The van der Waals surface area contributed by atoms with Gasteiger partial charge in [0.1, 0.15) is 0 Å². The van der Waals surface area contributed by atoms with Crippen LogP contribution in [0.25, 0.3) is 0 Å². The van der Waals surface area contributed by atoms with Gasteiger partial charge in [0.15, 0.2) is 5.16 Å². The molecule has 0 rings (SSSR count). The molecule has 0 amide bonds. The summed E-state index contributed by atoms with van der Waals surface area (Å²) in [7, 11) is -2.20. The van der Waals surface area contributed by atoms with Gasteiger partial charge in [0.05, 0.1) is 19.8 Å². The summed E-state index contributed by atoms with van der Waals surface area (Å²) in [5, 5.41) is -0.547. The van der Waals surface area contributed by atoms with Gasteiger partial charge in [-0.05, 0) is 41.6 Å². The minimum atomic E-state index is -2.20. The van der Waals surface area contributed by atoms with Gasteiger partial charge in [-0.3, -0.25) is 0 Å². The highest BCUT2D eigenvalue weighted by Gasteiger charge is 2.47. The molecule has 5 heteroatoms. The maximum absolute atomic E-state index is 11.8. The zero-order chi connectivity index (χ0) is 20.6. The van der Waals surface area contributed by atoms with Crippen LogP contribution in [0, 0.1) is 22.7 Å². The summed E-state index contributed by atoms with van der Waals surface area (Å²) in [6, 6.07) is 0. The highest BCUT2D eigenvalue weighted by Crippen LogP contribution is 2.47. The van der Waals surface area contributed by atoms with Crippen molar-refractivity contribution in [1.82, 2.24) is 0 Å². The molecule has 4 unspecified atom stereocenters. The average molecular weight is 392 g/mol. The Hall–Kier alpha value is -0.0200. The minimum absolute atomic E-state index is 0.0401. The second-order valence-electron chi connectivity index (χ2n) is 9.86. The zero-order valence-electron chi connectivity index (χ0n) is 18.7. The Bertz CT molecular complexity index is 424. The molecule has 156 valence electrons. The lowest BCUT2D eigenvalue weighted by atomic mass is 9.78. The van der Waals surface area contributed by atoms with Crippen molar-refractivity contribution < 1.29 is 18.9 Å². The normalized spacial score (nSPS) is 19.1. The third-order valence-corrected chi connectivity index (χ3v) is 7.24. The predicted octanol–water partition coefficient (Wildman–Crippen LogP) is 6.05. The van der Waals surface area contributed by atoms with Crippen molar-refractivity contribution in [2.24, 2.45) is 22.7 Å². The Balaban J connectivity index is 4.53. The molecule has 0 aromatic carbocycles. The first kappa shape index (κ1) is 26.0. The smallest absolute Gasteiger partial charge is 0.381 e. The van der Waals surface area contributed by atoms with Crippen LogP contribution in [-0.4, -0.2) is 36.5 Å². The highest BCUT2D eigenvalue weighted by molar-refractivity contribution is 7.40. The van der Waals surface area contributed by atoms with E-state index in [4.69, 9.17) is 9.47 Å². The van der Waals surface area contributed by atoms with E-state index in [-0.39, 0.29) is 10.8 Å². The predicted molar refractivity (Wildman–Crippen MR) is 111 cm³/mol. The van der Waals surface area contributed by atoms with E-state index in [0.29, 0.717) is 44.5 Å². The van der Waals surface area contributed by atoms with E-state index in [1.807, 2.05) is 13.8 Å². The van der Waals surface area contributed by atoms with Crippen LogP contribution in [0.3, 0.4) is 0 Å². The Kier molecular flexibility index (Phi) is 11.1. The molecule has 0 fully saturated rings. The molecule has 0 aromatic rings. The molecule has 0 aliphatic carbocycles. The summed E-state index contributed by atoms with van der Waals surface area (Å²) in [4.78, 5) is 9.72. The molecule has 0 spiro atoms. The molecule has 0 aliphatic heterocycles. The van der Waals surface area contributed by atoms with Crippen LogP contribution in [-0.2, 0) is 14.0 Å². The molecule has 0 aromatic heterocycles. The van der Waals surface area contributed by atoms with E-state index in [1.54, 1.807) is 0 Å². The maximum Gasteiger partial charge on any atom is 0.511 e. The molecule has 0 saturated carbocycles. The van der Waals surface area contributed by atoms with E-state index in [2.05, 4.69) is 48.5 Å². The second-order valence-corrected chi connectivity index (χ2v) is 11.5. The Morgan fingerprint density at radius 1 is 0.923 bits per heavy atom. The number of ether oxygens (including phenoxy) is 2. The lowest BCUT2D eigenvalue weighted by Gasteiger charge is -2.34. The first-order valence-corrected chi connectivity index (χ1v) is 11.3. The third-order valence-electron chi connectivity index (χ3n) is 5.84. The fraction of sp³-hybridized carbons (Fsp3) is 1.00. The standard InChI is InChI=1S/C21H43O4P/c1-10-20(8,13-21(9,11-2)26(22)23)16-25-15-19(6,7)14-24-12-18(5)17(3)4/h17-18H,10-16H2,1-9H3/p+1. The molecule has 0 radical (unpaired) electrons. The van der Waals surface area contributed by atoms with Crippen molar-refractivity contribution in [1.29, 1.82) is 0 Å². The molecule has 0 saturated heterocycles. The topological polar surface area (TPSA) is 55.8 Å². The lowest BCUT2D eigenvalue weighted by Crippen LogP contribution is -2.35. The van der Waals surface area contributed by atoms with Crippen molar-refractivity contribution in [3.05, 3.63) is 0 Å². The molecule has 0 aliphatic rings. The largest absolute Gasteiger partial charge is 0.511 e. The fourth-order valence-corrected chi connectivity index (χ4v) is 3.64. The molecule has 4 nitrogen and oxygen atoms in total. The van der Waals surface area contributed by atoms with Crippen molar-refractivity contribution in [3.8, 4) is 0 Å². The fourth-order valence-electron chi connectivity index (χ4n) is 2.85. The van der Waals surface area contributed by atoms with Gasteiger partial charge in [-0.15, -0.1) is 0 Å². The van der Waals surface area contributed by atoms with Crippen LogP contribution in [0.5, 0.6) is 0 Å². The van der Waals surface area contributed by atoms with Crippen LogP contribution >= 0.6 is 8.03 Å². The van der Waals surface area contributed by atoms with E-state index in [1.165, 1.54) is 0 Å². The lowest BCUT2D eigenvalue weighted by molar-refractivity contribution is -0.0395. The maximum atomic E-state index is 11.8. The Morgan fingerprint density at radius 3 is 1.88 bits per heavy atom. The van der Waals surface area contributed by atoms with Gasteiger partial charge in [0, 0.05) is 18.4 Å². The van der Waals surface area contributed by atoms with Gasteiger partial charge >= 0.3 is 8.03 Å². The SMILES string of the molecule is CCC(C)(COCC(C)(C)COCC(C)C(C)C)CC(C)(CC)[P+](=O)O. The van der Waals surface area contributed by atoms with E-state index in [9.17, 15) is 9.46 Å². The van der Waals surface area contributed by atoms with Crippen molar-refractivity contribution >= 4 is 8.03 Å². The average Bonchev–Trinajstić information content (AvgIpc) is 2.53. The first-order chi connectivity index (χ1) is 11.8. The highest BCUT2D eigenvalue weighted by atomic mass is 31.1. The minimum Gasteiger partial charge on any atom is -0.381 e. The van der Waals surface area contributed by atoms with Crippen LogP contribution in [0.1, 0.15) is 81.6 Å². The van der Waals surface area contributed by atoms with Crippen molar-refractivity contribution in [3.63, 3.8) is 0 Å². The van der Waals surface area contributed by atoms with Gasteiger partial charge in [-0.2, -0.15) is 4.89 Å². The number of hydrogen-bond acceptors (Lipinski definition) is 3. The molecule has 0 heterocycles. The van der Waals surface area contributed by atoms with Crippen molar-refractivity contribution in [2.75, 3.05) is 26.4 Å². The van der Waals surface area contributed by atoms with E-state index < -0.39 is 13.2 Å². The van der Waals surface area contributed by atoms with Crippen LogP contribution in [0.15, 0.2) is 0 Å². The summed E-state index contributed by atoms with van der Waals surface area (Å²) >= 11 is 0. The number of hydrogen-bond donors (Lipinski definition) is 1. The van der Waals surface area contributed by atoms with Gasteiger partial charge in [-0.25, -0.2) is 0 Å². The summed E-state index contributed by atoms with van der Waals surface area (Å²) in [6.45, 7) is 21.9. The van der Waals surface area contributed by atoms with Crippen LogP contribution in [0.4, 0.5) is 0 Å². The number of rotatable bonds is 14. The Morgan fingerprint density at radius 2 is 1.46 bits per heavy atom. The third kappa shape index (κ3) is 9.26. The van der Waals surface area contributed by atoms with Gasteiger partial charge < -0.3 is 9.47 Å². The molecular weight excluding hydrogens is 347 g/mol.